The van der Waals surface area contributed by atoms with Crippen LogP contribution in [0.5, 0.6) is 0 Å². The van der Waals surface area contributed by atoms with Gasteiger partial charge in [0, 0.05) is 13.1 Å². The van der Waals surface area contributed by atoms with E-state index in [1.807, 2.05) is 26.8 Å². The number of anilines is 1. The maximum absolute atomic E-state index is 12.3. The molecule has 0 spiro atoms. The van der Waals surface area contributed by atoms with Crippen molar-refractivity contribution in [1.82, 2.24) is 15.1 Å². The Morgan fingerprint density at radius 3 is 2.78 bits per heavy atom. The maximum atomic E-state index is 12.3. The van der Waals surface area contributed by atoms with Gasteiger partial charge < -0.3 is 19.3 Å². The lowest BCUT2D eigenvalue weighted by Crippen LogP contribution is -2.51. The topological polar surface area (TPSA) is 67.8 Å². The Hall–Kier alpha value is -1.60. The van der Waals surface area contributed by atoms with E-state index >= 15 is 0 Å². The Bertz CT molecular complexity index is 575. The van der Waals surface area contributed by atoms with Gasteiger partial charge in [0.15, 0.2) is 11.0 Å². The third-order valence-corrected chi connectivity index (χ3v) is 4.07. The Kier molecular flexibility index (Phi) is 4.33. The van der Waals surface area contributed by atoms with Gasteiger partial charge in [0.05, 0.1) is 25.3 Å². The second-order valence-electron chi connectivity index (χ2n) is 6.77. The average Bonchev–Trinajstić information content (AvgIpc) is 2.90. The predicted octanol–water partition coefficient (Wildman–Crippen LogP) is 1.95. The van der Waals surface area contributed by atoms with Gasteiger partial charge in [-0.1, -0.05) is 11.6 Å². The quantitative estimate of drug-likeness (QED) is 0.778. The number of fused-ring (bicyclic) bond motifs is 1. The molecule has 8 heteroatoms. The minimum atomic E-state index is -0.507. The highest BCUT2D eigenvalue weighted by molar-refractivity contribution is 6.29. The number of amides is 1. The number of nitrogens with zero attached hydrogens (tertiary/aromatic N) is 4. The summed E-state index contributed by atoms with van der Waals surface area (Å²) in [5, 5.41) is 8.41. The Balaban J connectivity index is 1.72. The predicted molar refractivity (Wildman–Crippen MR) is 85.7 cm³/mol. The molecular weight excluding hydrogens is 320 g/mol. The first-order valence-electron chi connectivity index (χ1n) is 7.69. The van der Waals surface area contributed by atoms with Gasteiger partial charge in [0.2, 0.25) is 0 Å². The van der Waals surface area contributed by atoms with Crippen molar-refractivity contribution in [3.05, 3.63) is 17.3 Å². The summed E-state index contributed by atoms with van der Waals surface area (Å²) in [5.74, 6) is 0.749. The number of carbonyl (C=O) groups excluding carboxylic acids is 1. The van der Waals surface area contributed by atoms with Crippen molar-refractivity contribution in [3.8, 4) is 0 Å². The van der Waals surface area contributed by atoms with E-state index in [0.29, 0.717) is 31.4 Å². The monoisotopic (exact) mass is 340 g/mol. The molecule has 1 amide bonds. The van der Waals surface area contributed by atoms with Crippen molar-refractivity contribution in [2.75, 3.05) is 31.1 Å². The molecule has 126 valence electrons. The zero-order valence-electron chi connectivity index (χ0n) is 13.5. The summed E-state index contributed by atoms with van der Waals surface area (Å²) in [4.78, 5) is 16.1. The first kappa shape index (κ1) is 16.3. The summed E-state index contributed by atoms with van der Waals surface area (Å²) < 4.78 is 11.3. The van der Waals surface area contributed by atoms with Crippen LogP contribution in [0.4, 0.5) is 10.6 Å². The molecule has 3 rings (SSSR count). The number of hydrogen-bond donors (Lipinski definition) is 0. The molecule has 1 aromatic rings. The van der Waals surface area contributed by atoms with Crippen molar-refractivity contribution < 1.29 is 14.3 Å². The van der Waals surface area contributed by atoms with Crippen molar-refractivity contribution in [2.45, 2.75) is 38.5 Å². The molecule has 2 atom stereocenters. The van der Waals surface area contributed by atoms with Crippen LogP contribution in [-0.4, -0.2) is 65.2 Å². The van der Waals surface area contributed by atoms with Crippen LogP contribution < -0.4 is 4.90 Å². The molecule has 0 radical (unpaired) electrons. The van der Waals surface area contributed by atoms with E-state index in [2.05, 4.69) is 15.1 Å². The average molecular weight is 341 g/mol. The van der Waals surface area contributed by atoms with E-state index in [9.17, 15) is 4.79 Å². The summed E-state index contributed by atoms with van der Waals surface area (Å²) in [6.45, 7) is 7.95. The first-order valence-corrected chi connectivity index (χ1v) is 8.07. The summed E-state index contributed by atoms with van der Waals surface area (Å²) in [6, 6.07) is 3.61. The first-order chi connectivity index (χ1) is 10.8. The molecule has 0 aliphatic carbocycles. The lowest BCUT2D eigenvalue weighted by Gasteiger charge is -2.37. The van der Waals surface area contributed by atoms with Gasteiger partial charge in [0.1, 0.15) is 5.60 Å². The normalized spacial score (nSPS) is 24.5. The molecule has 2 aliphatic heterocycles. The third-order valence-electron chi connectivity index (χ3n) is 3.87. The van der Waals surface area contributed by atoms with Crippen LogP contribution in [0, 0.1) is 0 Å². The van der Waals surface area contributed by atoms with Gasteiger partial charge in [-0.05, 0) is 32.9 Å². The van der Waals surface area contributed by atoms with Gasteiger partial charge in [-0.3, -0.25) is 0 Å². The van der Waals surface area contributed by atoms with Crippen LogP contribution in [0.2, 0.25) is 5.15 Å². The minimum Gasteiger partial charge on any atom is -0.444 e. The van der Waals surface area contributed by atoms with E-state index < -0.39 is 5.60 Å². The van der Waals surface area contributed by atoms with E-state index in [1.165, 1.54) is 0 Å². The highest BCUT2D eigenvalue weighted by atomic mass is 35.5. The fourth-order valence-corrected chi connectivity index (χ4v) is 3.01. The Labute approximate surface area is 140 Å². The standard InChI is InChI=1S/C15H21ClN4O3/c1-15(2,3)23-14(21)19-8-10-11(9-19)22-7-6-20(10)13-5-4-12(16)17-18-13/h4-5,10-11H,6-9H2,1-3H3. The molecule has 2 unspecified atom stereocenters. The molecule has 0 saturated carbocycles. The summed E-state index contributed by atoms with van der Waals surface area (Å²) in [7, 11) is 0. The van der Waals surface area contributed by atoms with Crippen LogP contribution in [-0.2, 0) is 9.47 Å². The molecule has 1 aromatic heterocycles. The van der Waals surface area contributed by atoms with Crippen molar-refractivity contribution in [3.63, 3.8) is 0 Å². The Morgan fingerprint density at radius 2 is 2.13 bits per heavy atom. The fourth-order valence-electron chi connectivity index (χ4n) is 2.91. The molecule has 2 aliphatic rings. The molecular formula is C15H21ClN4O3. The van der Waals surface area contributed by atoms with Crippen molar-refractivity contribution >= 4 is 23.5 Å². The molecule has 0 bridgehead atoms. The van der Waals surface area contributed by atoms with Crippen LogP contribution in [0.25, 0.3) is 0 Å². The number of likely N-dealkylation sites (tertiary alicyclic amines) is 1. The van der Waals surface area contributed by atoms with Crippen LogP contribution in [0.1, 0.15) is 20.8 Å². The Morgan fingerprint density at radius 1 is 1.35 bits per heavy atom. The summed E-state index contributed by atoms with van der Waals surface area (Å²) in [5.41, 5.74) is -0.507. The number of aromatic nitrogens is 2. The van der Waals surface area contributed by atoms with E-state index in [1.54, 1.807) is 11.0 Å². The van der Waals surface area contributed by atoms with Gasteiger partial charge in [-0.2, -0.15) is 0 Å². The SMILES string of the molecule is CC(C)(C)OC(=O)N1CC2OCCN(c3ccc(Cl)nn3)C2C1. The van der Waals surface area contributed by atoms with Gasteiger partial charge in [-0.15, -0.1) is 10.2 Å². The minimum absolute atomic E-state index is 0.0475. The van der Waals surface area contributed by atoms with Gasteiger partial charge in [0.25, 0.3) is 0 Å². The molecule has 3 heterocycles. The fraction of sp³-hybridized carbons (Fsp3) is 0.667. The largest absolute Gasteiger partial charge is 0.444 e. The summed E-state index contributed by atoms with van der Waals surface area (Å²) >= 11 is 5.80. The molecule has 0 N–H and O–H groups in total. The lowest BCUT2D eigenvalue weighted by molar-refractivity contribution is 0.0162. The maximum Gasteiger partial charge on any atom is 0.410 e. The molecule has 23 heavy (non-hydrogen) atoms. The molecule has 0 aromatic carbocycles. The second kappa shape index (κ2) is 6.13. The van der Waals surface area contributed by atoms with E-state index in [-0.39, 0.29) is 18.2 Å². The van der Waals surface area contributed by atoms with Crippen LogP contribution >= 0.6 is 11.6 Å². The molecule has 2 saturated heterocycles. The van der Waals surface area contributed by atoms with Crippen LogP contribution in [0.15, 0.2) is 12.1 Å². The zero-order valence-corrected chi connectivity index (χ0v) is 14.3. The van der Waals surface area contributed by atoms with Crippen molar-refractivity contribution in [2.24, 2.45) is 0 Å². The number of morpholine rings is 1. The highest BCUT2D eigenvalue weighted by Crippen LogP contribution is 2.27. The van der Waals surface area contributed by atoms with Crippen molar-refractivity contribution in [1.29, 1.82) is 0 Å². The summed E-state index contributed by atoms with van der Waals surface area (Å²) in [6.07, 6.45) is -0.355. The zero-order chi connectivity index (χ0) is 16.6. The number of ether oxygens (including phenoxy) is 2. The highest BCUT2D eigenvalue weighted by Gasteiger charge is 2.43. The molecule has 7 nitrogen and oxygen atoms in total. The number of rotatable bonds is 1. The molecule has 2 fully saturated rings. The third kappa shape index (κ3) is 3.67. The van der Waals surface area contributed by atoms with Gasteiger partial charge in [-0.25, -0.2) is 4.79 Å². The number of hydrogen-bond acceptors (Lipinski definition) is 6. The number of carbonyl (C=O) groups is 1. The van der Waals surface area contributed by atoms with Crippen LogP contribution in [0.3, 0.4) is 0 Å². The second-order valence-corrected chi connectivity index (χ2v) is 7.16. The number of halogens is 1. The lowest BCUT2D eigenvalue weighted by atomic mass is 10.1. The smallest absolute Gasteiger partial charge is 0.410 e. The van der Waals surface area contributed by atoms with E-state index in [0.717, 1.165) is 5.82 Å². The van der Waals surface area contributed by atoms with E-state index in [4.69, 9.17) is 21.1 Å². The van der Waals surface area contributed by atoms with Gasteiger partial charge >= 0.3 is 6.09 Å².